The van der Waals surface area contributed by atoms with Crippen molar-refractivity contribution in [1.29, 1.82) is 0 Å². The Morgan fingerprint density at radius 2 is 1.68 bits per heavy atom. The van der Waals surface area contributed by atoms with Gasteiger partial charge in [-0.25, -0.2) is 9.69 Å². The van der Waals surface area contributed by atoms with E-state index in [1.807, 2.05) is 70.2 Å². The Hall–Kier alpha value is -2.06. The lowest BCUT2D eigenvalue weighted by molar-refractivity contribution is -0.139. The van der Waals surface area contributed by atoms with Gasteiger partial charge in [0.15, 0.2) is 8.32 Å². The Morgan fingerprint density at radius 3 is 2.23 bits per heavy atom. The number of carbonyl (C=O) groups is 2. The zero-order valence-electron chi connectivity index (χ0n) is 27.9. The van der Waals surface area contributed by atoms with Gasteiger partial charge in [-0.2, -0.15) is 0 Å². The first kappa shape index (κ1) is 34.8. The summed E-state index contributed by atoms with van der Waals surface area (Å²) in [6.07, 6.45) is 1.26. The highest BCUT2D eigenvalue weighted by molar-refractivity contribution is 6.74. The number of halogens is 2. The van der Waals surface area contributed by atoms with Crippen molar-refractivity contribution >= 4 is 43.5 Å². The van der Waals surface area contributed by atoms with Gasteiger partial charge in [-0.05, 0) is 112 Å². The number of imide groups is 1. The SMILES string of the molecule is COc1ccc([C@@H]2CC[C@@]3(CCO[Si](C)(C)C(C)(C)C)C(=O)N(C(=O)OC(C)(C)C)[C@@H](C)[C@H]3[C@H]2c2ccc(Cl)cc2)c(Cl)c1. The van der Waals surface area contributed by atoms with E-state index in [2.05, 4.69) is 33.9 Å². The maximum Gasteiger partial charge on any atom is 0.417 e. The van der Waals surface area contributed by atoms with Gasteiger partial charge in [0, 0.05) is 28.6 Å². The van der Waals surface area contributed by atoms with Crippen LogP contribution in [-0.4, -0.2) is 50.6 Å². The molecular formula is C35H49Cl2NO5Si. The second-order valence-electron chi connectivity index (χ2n) is 15.0. The summed E-state index contributed by atoms with van der Waals surface area (Å²) in [6, 6.07) is 13.3. The van der Waals surface area contributed by atoms with E-state index >= 15 is 0 Å². The van der Waals surface area contributed by atoms with E-state index in [-0.39, 0.29) is 28.7 Å². The molecule has 2 amide bonds. The molecule has 0 unspecified atom stereocenters. The number of ether oxygens (including phenoxy) is 2. The largest absolute Gasteiger partial charge is 0.497 e. The summed E-state index contributed by atoms with van der Waals surface area (Å²) in [5.74, 6) is 0.203. The molecule has 1 saturated heterocycles. The van der Waals surface area contributed by atoms with E-state index in [9.17, 15) is 9.59 Å². The number of rotatable bonds is 7. The molecule has 6 nitrogen and oxygen atoms in total. The van der Waals surface area contributed by atoms with Crippen LogP contribution in [0.15, 0.2) is 42.5 Å². The molecule has 4 rings (SSSR count). The Kier molecular flexibility index (Phi) is 9.98. The van der Waals surface area contributed by atoms with Gasteiger partial charge in [-0.15, -0.1) is 0 Å². The molecule has 44 heavy (non-hydrogen) atoms. The molecule has 9 heteroatoms. The topological polar surface area (TPSA) is 65.1 Å². The van der Waals surface area contributed by atoms with Crippen LogP contribution in [0.4, 0.5) is 4.79 Å². The fraction of sp³-hybridized carbons (Fsp3) is 0.600. The van der Waals surface area contributed by atoms with Crippen molar-refractivity contribution in [3.63, 3.8) is 0 Å². The number of methoxy groups -OCH3 is 1. The molecule has 1 aliphatic carbocycles. The predicted molar refractivity (Wildman–Crippen MR) is 180 cm³/mol. The van der Waals surface area contributed by atoms with Crippen molar-refractivity contribution in [3.8, 4) is 5.75 Å². The molecule has 1 aliphatic heterocycles. The van der Waals surface area contributed by atoms with Crippen molar-refractivity contribution in [3.05, 3.63) is 63.6 Å². The molecule has 5 atom stereocenters. The van der Waals surface area contributed by atoms with E-state index in [4.69, 9.17) is 37.1 Å². The van der Waals surface area contributed by atoms with Gasteiger partial charge in [-0.1, -0.05) is 62.2 Å². The molecule has 0 spiro atoms. The molecule has 1 saturated carbocycles. The minimum absolute atomic E-state index is 0.00264. The maximum atomic E-state index is 14.7. The molecule has 0 bridgehead atoms. The zero-order valence-corrected chi connectivity index (χ0v) is 30.4. The Morgan fingerprint density at radius 1 is 1.05 bits per heavy atom. The Bertz CT molecular complexity index is 1370. The Balaban J connectivity index is 1.85. The quantitative estimate of drug-likeness (QED) is 0.276. The molecule has 2 aliphatic rings. The summed E-state index contributed by atoms with van der Waals surface area (Å²) in [5, 5.41) is 1.31. The van der Waals surface area contributed by atoms with Crippen LogP contribution in [-0.2, 0) is 14.0 Å². The third-order valence-electron chi connectivity index (χ3n) is 10.2. The lowest BCUT2D eigenvalue weighted by Crippen LogP contribution is -2.47. The lowest BCUT2D eigenvalue weighted by Gasteiger charge is -2.48. The molecule has 2 fully saturated rings. The zero-order chi connectivity index (χ0) is 32.8. The second-order valence-corrected chi connectivity index (χ2v) is 20.7. The summed E-state index contributed by atoms with van der Waals surface area (Å²) in [6.45, 7) is 19.0. The van der Waals surface area contributed by atoms with Crippen LogP contribution in [0.5, 0.6) is 5.75 Å². The fourth-order valence-corrected chi connectivity index (χ4v) is 8.50. The average molecular weight is 663 g/mol. The smallest absolute Gasteiger partial charge is 0.417 e. The van der Waals surface area contributed by atoms with Crippen LogP contribution < -0.4 is 4.74 Å². The molecule has 0 aromatic heterocycles. The van der Waals surface area contributed by atoms with Crippen LogP contribution in [0.2, 0.25) is 28.2 Å². The highest BCUT2D eigenvalue weighted by atomic mass is 35.5. The van der Waals surface area contributed by atoms with E-state index in [1.165, 1.54) is 4.90 Å². The molecule has 2 aromatic carbocycles. The van der Waals surface area contributed by atoms with Crippen molar-refractivity contribution in [1.82, 2.24) is 4.90 Å². The standard InChI is InChI=1S/C35H49Cl2NO5Si/c1-22-30-29(23-11-13-24(36)14-12-23)27(26-16-15-25(41-8)21-28(26)37)17-18-35(30,19-20-42-44(9,10)34(5,6)7)31(39)38(22)32(40)43-33(2,3)4/h11-16,21-22,27,29-30H,17-20H2,1-10H3/t22-,27-,29-,30-,35-/m0/s1. The highest BCUT2D eigenvalue weighted by Gasteiger charge is 2.65. The van der Waals surface area contributed by atoms with E-state index in [1.54, 1.807) is 7.11 Å². The van der Waals surface area contributed by atoms with Crippen LogP contribution in [0.1, 0.15) is 90.7 Å². The third-order valence-corrected chi connectivity index (χ3v) is 15.3. The number of benzene rings is 2. The van der Waals surface area contributed by atoms with Crippen LogP contribution in [0.3, 0.4) is 0 Å². The third kappa shape index (κ3) is 6.72. The van der Waals surface area contributed by atoms with Gasteiger partial charge in [0.05, 0.1) is 12.5 Å². The summed E-state index contributed by atoms with van der Waals surface area (Å²) < 4.78 is 17.9. The number of hydrogen-bond donors (Lipinski definition) is 0. The number of likely N-dealkylation sites (tertiary alicyclic amines) is 1. The van der Waals surface area contributed by atoms with Gasteiger partial charge < -0.3 is 13.9 Å². The molecule has 0 N–H and O–H groups in total. The maximum absolute atomic E-state index is 14.7. The molecule has 1 heterocycles. The molecule has 242 valence electrons. The van der Waals surface area contributed by atoms with Crippen molar-refractivity contribution < 1.29 is 23.5 Å². The average Bonchev–Trinajstić information content (AvgIpc) is 3.13. The van der Waals surface area contributed by atoms with Gasteiger partial charge in [0.1, 0.15) is 11.4 Å². The van der Waals surface area contributed by atoms with Crippen LogP contribution in [0, 0.1) is 11.3 Å². The first-order valence-corrected chi connectivity index (χ1v) is 19.3. The summed E-state index contributed by atoms with van der Waals surface area (Å²) >= 11 is 13.3. The van der Waals surface area contributed by atoms with Gasteiger partial charge in [0.2, 0.25) is 5.91 Å². The normalized spacial score (nSPS) is 26.0. The predicted octanol–water partition coefficient (Wildman–Crippen LogP) is 9.84. The number of amides is 2. The Labute approximate surface area is 274 Å². The van der Waals surface area contributed by atoms with Crippen LogP contribution in [0.25, 0.3) is 0 Å². The fourth-order valence-electron chi connectivity index (χ4n) is 7.02. The first-order chi connectivity index (χ1) is 20.3. The van der Waals surface area contributed by atoms with E-state index in [0.717, 1.165) is 17.5 Å². The number of nitrogens with zero attached hydrogens (tertiary/aromatic N) is 1. The number of fused-ring (bicyclic) bond motifs is 1. The van der Waals surface area contributed by atoms with Gasteiger partial charge in [0.25, 0.3) is 0 Å². The van der Waals surface area contributed by atoms with Gasteiger partial charge >= 0.3 is 6.09 Å². The molecule has 0 radical (unpaired) electrons. The summed E-state index contributed by atoms with van der Waals surface area (Å²) in [7, 11) is -0.452. The summed E-state index contributed by atoms with van der Waals surface area (Å²) in [4.78, 5) is 29.8. The molecular weight excluding hydrogens is 613 g/mol. The minimum Gasteiger partial charge on any atom is -0.497 e. The van der Waals surface area contributed by atoms with Crippen molar-refractivity contribution in [2.75, 3.05) is 13.7 Å². The molecule has 2 aromatic rings. The second kappa shape index (κ2) is 12.6. The highest BCUT2D eigenvalue weighted by Crippen LogP contribution is 2.63. The lowest BCUT2D eigenvalue weighted by atomic mass is 9.54. The van der Waals surface area contributed by atoms with E-state index < -0.39 is 31.5 Å². The van der Waals surface area contributed by atoms with E-state index in [0.29, 0.717) is 35.2 Å². The number of hydrogen-bond acceptors (Lipinski definition) is 5. The van der Waals surface area contributed by atoms with Gasteiger partial charge in [-0.3, -0.25) is 4.79 Å². The van der Waals surface area contributed by atoms with Crippen LogP contribution >= 0.6 is 23.2 Å². The van der Waals surface area contributed by atoms with Crippen molar-refractivity contribution in [2.24, 2.45) is 11.3 Å². The monoisotopic (exact) mass is 661 g/mol. The number of carbonyl (C=O) groups excluding carboxylic acids is 2. The summed E-state index contributed by atoms with van der Waals surface area (Å²) in [5.41, 5.74) is 0.529. The van der Waals surface area contributed by atoms with Crippen molar-refractivity contribution in [2.45, 2.75) is 109 Å². The first-order valence-electron chi connectivity index (χ1n) is 15.6. The minimum atomic E-state index is -2.08.